The summed E-state index contributed by atoms with van der Waals surface area (Å²) in [6.07, 6.45) is 10.9. The van der Waals surface area contributed by atoms with Gasteiger partial charge < -0.3 is 41.3 Å². The Morgan fingerprint density at radius 3 is 2.23 bits per heavy atom. The van der Waals surface area contributed by atoms with E-state index >= 15 is 0 Å². The van der Waals surface area contributed by atoms with Crippen LogP contribution in [-0.2, 0) is 26.5 Å². The molecule has 6 aliphatic rings. The van der Waals surface area contributed by atoms with Crippen LogP contribution in [0, 0.1) is 18.3 Å². The van der Waals surface area contributed by atoms with Crippen LogP contribution in [0.25, 0.3) is 21.7 Å². The van der Waals surface area contributed by atoms with Gasteiger partial charge in [-0.1, -0.05) is 57.2 Å². The maximum absolute atomic E-state index is 14.3. The molecule has 2 unspecified atom stereocenters. The molecular formula is C55H68N12O5S. The molecule has 2 aromatic carbocycles. The molecule has 3 aromatic heterocycles. The standard InChI is InChI=1S/C55H68N12O5S/c1-32-47(73-31-60-32)35-11-9-33(10-12-35)25-57-51(71)45-21-41(68)30-66(45)52(72)48(54(2,3)4)61-50(70)36-13-15-38(16-14-36)64-19-17-34(18-20-64)37-26-58-53(59-27-37)55-23-39-28-65(29-40(24-55)67(39)55)44-22-43(62-63-49(44)56)42-7-5-6-8-46(42)69/h5-12,22,26-27,31,34,36,38-41,45,48,68-69H,13-21,23-25,28-30H2,1-4H3,(H2,56,63)(H,57,71)(H,61,70)/t36-,38+,39?,40?,41-,45-,48+,55?/m0/s1. The minimum atomic E-state index is -0.853. The van der Waals surface area contributed by atoms with Gasteiger partial charge in [-0.05, 0) is 118 Å². The largest absolute Gasteiger partial charge is 0.507 e. The highest BCUT2D eigenvalue weighted by Gasteiger charge is 2.67. The molecule has 11 rings (SSSR count). The zero-order chi connectivity index (χ0) is 50.8. The Morgan fingerprint density at radius 1 is 0.877 bits per heavy atom. The Labute approximate surface area is 431 Å². The van der Waals surface area contributed by atoms with Crippen molar-refractivity contribution in [3.63, 3.8) is 0 Å². The number of thiazole rings is 1. The lowest BCUT2D eigenvalue weighted by Gasteiger charge is -2.72. The monoisotopic (exact) mass is 1010 g/mol. The number of piperazine rings is 1. The number of aliphatic hydroxyl groups is 1. The zero-order valence-electron chi connectivity index (χ0n) is 42.3. The highest BCUT2D eigenvalue weighted by atomic mass is 32.1. The summed E-state index contributed by atoms with van der Waals surface area (Å²) < 4.78 is 0. The third-order valence-corrected chi connectivity index (χ3v) is 18.0. The minimum absolute atomic E-state index is 0.0394. The molecule has 5 saturated heterocycles. The van der Waals surface area contributed by atoms with E-state index in [1.165, 1.54) is 10.5 Å². The van der Waals surface area contributed by atoms with E-state index in [0.717, 1.165) is 111 Å². The van der Waals surface area contributed by atoms with Gasteiger partial charge in [-0.3, -0.25) is 19.3 Å². The first-order valence-electron chi connectivity index (χ1n) is 26.2. The number of nitrogens with one attached hydrogen (secondary N) is 2. The van der Waals surface area contributed by atoms with Gasteiger partial charge >= 0.3 is 0 Å². The molecule has 6 fully saturated rings. The Morgan fingerprint density at radius 2 is 1.58 bits per heavy atom. The second kappa shape index (κ2) is 19.6. The minimum Gasteiger partial charge on any atom is -0.507 e. The molecule has 5 aliphatic heterocycles. The highest BCUT2D eigenvalue weighted by Crippen LogP contribution is 2.59. The Kier molecular flexibility index (Phi) is 13.2. The fourth-order valence-electron chi connectivity index (χ4n) is 13.0. The second-order valence-electron chi connectivity index (χ2n) is 22.6. The molecule has 17 nitrogen and oxygen atoms in total. The molecule has 6 N–H and O–H groups in total. The van der Waals surface area contributed by atoms with Crippen LogP contribution >= 0.6 is 11.3 Å². The number of carbonyl (C=O) groups is 3. The molecule has 5 atom stereocenters. The topological polar surface area (TPSA) is 219 Å². The van der Waals surface area contributed by atoms with E-state index in [9.17, 15) is 24.6 Å². The van der Waals surface area contributed by atoms with Crippen molar-refractivity contribution in [3.05, 3.63) is 95.1 Å². The van der Waals surface area contributed by atoms with Crippen LogP contribution in [0.4, 0.5) is 11.5 Å². The lowest BCUT2D eigenvalue weighted by Crippen LogP contribution is -2.83. The van der Waals surface area contributed by atoms with Crippen molar-refractivity contribution < 1.29 is 24.6 Å². The van der Waals surface area contributed by atoms with Gasteiger partial charge in [0.25, 0.3) is 0 Å². The molecule has 8 heterocycles. The van der Waals surface area contributed by atoms with E-state index < -0.39 is 23.6 Å². The number of phenols is 1. The van der Waals surface area contributed by atoms with E-state index in [0.29, 0.717) is 41.1 Å². The number of nitrogens with two attached hydrogens (primary N) is 1. The number of aliphatic hydroxyl groups excluding tert-OH is 1. The molecule has 384 valence electrons. The summed E-state index contributed by atoms with van der Waals surface area (Å²) in [5.41, 5.74) is 13.8. The Bertz CT molecular complexity index is 2820. The van der Waals surface area contributed by atoms with Gasteiger partial charge in [0.15, 0.2) is 5.82 Å². The third-order valence-electron chi connectivity index (χ3n) is 17.0. The van der Waals surface area contributed by atoms with E-state index in [-0.39, 0.29) is 54.4 Å². The number of aromatic hydroxyl groups is 1. The van der Waals surface area contributed by atoms with Gasteiger partial charge in [-0.15, -0.1) is 21.5 Å². The lowest BCUT2D eigenvalue weighted by molar-refractivity contribution is -0.216. The number of piperidine rings is 2. The Balaban J connectivity index is 0.636. The first-order valence-corrected chi connectivity index (χ1v) is 27.1. The number of benzene rings is 2. The molecule has 3 amide bonds. The molecule has 0 radical (unpaired) electrons. The number of carbonyl (C=O) groups excluding carboxylic acids is 3. The Hall–Kier alpha value is -6.08. The summed E-state index contributed by atoms with van der Waals surface area (Å²) in [6, 6.07) is 16.6. The van der Waals surface area contributed by atoms with Crippen LogP contribution in [0.3, 0.4) is 0 Å². The van der Waals surface area contributed by atoms with Crippen molar-refractivity contribution in [1.82, 2.24) is 50.5 Å². The molecule has 18 heteroatoms. The van der Waals surface area contributed by atoms with Crippen LogP contribution < -0.4 is 21.3 Å². The van der Waals surface area contributed by atoms with Crippen molar-refractivity contribution in [2.24, 2.45) is 11.3 Å². The van der Waals surface area contributed by atoms with Gasteiger partial charge in [0.2, 0.25) is 17.7 Å². The van der Waals surface area contributed by atoms with Crippen molar-refractivity contribution in [2.75, 3.05) is 43.4 Å². The summed E-state index contributed by atoms with van der Waals surface area (Å²) in [4.78, 5) is 66.5. The zero-order valence-corrected chi connectivity index (χ0v) is 43.1. The number of hydrogen-bond donors (Lipinski definition) is 5. The number of phenolic OH excluding ortho intramolecular Hbond substituents is 1. The van der Waals surface area contributed by atoms with Crippen LogP contribution in [0.1, 0.15) is 107 Å². The summed E-state index contributed by atoms with van der Waals surface area (Å²) in [7, 11) is 0. The number of amides is 3. The predicted octanol–water partition coefficient (Wildman–Crippen LogP) is 5.76. The molecule has 73 heavy (non-hydrogen) atoms. The molecule has 0 spiro atoms. The van der Waals surface area contributed by atoms with Gasteiger partial charge in [0, 0.05) is 74.6 Å². The van der Waals surface area contributed by atoms with E-state index in [1.807, 2.05) is 75.7 Å². The van der Waals surface area contributed by atoms with E-state index in [4.69, 9.17) is 15.7 Å². The quantitative estimate of drug-likeness (QED) is 0.100. The number of nitrogen functional groups attached to an aromatic ring is 1. The molecule has 0 bridgehead atoms. The predicted molar refractivity (Wildman–Crippen MR) is 279 cm³/mol. The first kappa shape index (κ1) is 49.1. The van der Waals surface area contributed by atoms with Gasteiger partial charge in [-0.2, -0.15) is 0 Å². The van der Waals surface area contributed by atoms with Gasteiger partial charge in [-0.25, -0.2) is 15.0 Å². The molecule has 1 saturated carbocycles. The number of para-hydroxylation sites is 1. The van der Waals surface area contributed by atoms with Crippen LogP contribution in [0.2, 0.25) is 0 Å². The second-order valence-corrected chi connectivity index (χ2v) is 23.5. The lowest BCUT2D eigenvalue weighted by atomic mass is 9.62. The highest BCUT2D eigenvalue weighted by molar-refractivity contribution is 7.13. The number of aromatic nitrogens is 5. The maximum atomic E-state index is 14.3. The van der Waals surface area contributed by atoms with E-state index in [1.54, 1.807) is 23.5 Å². The fourth-order valence-corrected chi connectivity index (χ4v) is 13.8. The normalized spacial score (nSPS) is 26.9. The van der Waals surface area contributed by atoms with Crippen LogP contribution in [-0.4, -0.2) is 137 Å². The van der Waals surface area contributed by atoms with Crippen LogP contribution in [0.5, 0.6) is 5.75 Å². The number of likely N-dealkylation sites (tertiary alicyclic amines) is 2. The number of aryl methyl sites for hydroxylation is 1. The fraction of sp³-hybridized carbons (Fsp3) is 0.527. The van der Waals surface area contributed by atoms with Crippen molar-refractivity contribution >= 4 is 40.6 Å². The van der Waals surface area contributed by atoms with Crippen molar-refractivity contribution in [3.8, 4) is 27.4 Å². The number of hydrogen-bond acceptors (Lipinski definition) is 15. The van der Waals surface area contributed by atoms with Crippen molar-refractivity contribution in [1.29, 1.82) is 0 Å². The average Bonchev–Trinajstić information content (AvgIpc) is 4.00. The third kappa shape index (κ3) is 9.44. The van der Waals surface area contributed by atoms with Crippen molar-refractivity contribution in [2.45, 2.75) is 140 Å². The van der Waals surface area contributed by atoms with Crippen LogP contribution in [0.15, 0.2) is 72.5 Å². The summed E-state index contributed by atoms with van der Waals surface area (Å²) in [6.45, 7) is 11.8. The molecule has 5 aromatic rings. The van der Waals surface area contributed by atoms with Gasteiger partial charge in [0.05, 0.1) is 39.1 Å². The van der Waals surface area contributed by atoms with Gasteiger partial charge in [0.1, 0.15) is 23.7 Å². The number of rotatable bonds is 12. The maximum Gasteiger partial charge on any atom is 0.246 e. The summed E-state index contributed by atoms with van der Waals surface area (Å²) >= 11 is 1.59. The molecular weight excluding hydrogens is 941 g/mol. The summed E-state index contributed by atoms with van der Waals surface area (Å²) in [5.74, 6) is 0.929. The SMILES string of the molecule is Cc1ncsc1-c1ccc(CNC(=O)[C@@H]2C[C@H](O)CN2C(=O)[C@@H](NC(=O)[C@H]2CC[C@@H](N3CCC(c4cnc(C56CC7CN(c8cc(-c9ccccc9O)nnc8N)CC(C5)N76)nc4)CC3)CC2)C(C)(C)C)cc1. The average molecular weight is 1010 g/mol. The van der Waals surface area contributed by atoms with E-state index in [2.05, 4.69) is 52.9 Å². The first-order chi connectivity index (χ1) is 35.1. The number of anilines is 2. The molecule has 1 aliphatic carbocycles. The summed E-state index contributed by atoms with van der Waals surface area (Å²) in [5, 5.41) is 35.9. The number of nitrogens with zero attached hydrogens (tertiary/aromatic N) is 9. The smallest absolute Gasteiger partial charge is 0.246 e. The number of β-amino-alcohol motifs (C(OH)–C–C–N with tert-alkyl or cyclic N) is 1.